The van der Waals surface area contributed by atoms with Crippen LogP contribution in [0.4, 0.5) is 4.39 Å². The summed E-state index contributed by atoms with van der Waals surface area (Å²) < 4.78 is 13.0. The van der Waals surface area contributed by atoms with E-state index in [-0.39, 0.29) is 5.82 Å². The Hall–Kier alpha value is -1.28. The van der Waals surface area contributed by atoms with Gasteiger partial charge in [-0.25, -0.2) is 4.39 Å². The summed E-state index contributed by atoms with van der Waals surface area (Å²) in [5.74, 6) is -0.181. The summed E-state index contributed by atoms with van der Waals surface area (Å²) in [6.07, 6.45) is 1.96. The highest BCUT2D eigenvalue weighted by molar-refractivity contribution is 7.98. The van der Waals surface area contributed by atoms with Crippen molar-refractivity contribution in [1.29, 1.82) is 0 Å². The van der Waals surface area contributed by atoms with Crippen LogP contribution in [0.15, 0.2) is 53.4 Å². The van der Waals surface area contributed by atoms with Gasteiger partial charge in [-0.05, 0) is 29.5 Å². The molecular formula is C13H11FS. The van der Waals surface area contributed by atoms with Gasteiger partial charge in [-0.15, -0.1) is 11.8 Å². The lowest BCUT2D eigenvalue weighted by Gasteiger charge is -2.07. The zero-order chi connectivity index (χ0) is 10.7. The molecular weight excluding hydrogens is 207 g/mol. The minimum Gasteiger partial charge on any atom is -0.207 e. The van der Waals surface area contributed by atoms with E-state index in [4.69, 9.17) is 0 Å². The quantitative estimate of drug-likeness (QED) is 0.680. The van der Waals surface area contributed by atoms with E-state index in [1.807, 2.05) is 42.7 Å². The molecule has 76 valence electrons. The molecule has 0 aromatic heterocycles. The van der Waals surface area contributed by atoms with Gasteiger partial charge < -0.3 is 0 Å². The van der Waals surface area contributed by atoms with E-state index in [0.29, 0.717) is 0 Å². The number of rotatable bonds is 2. The Morgan fingerprint density at radius 2 is 1.73 bits per heavy atom. The first-order valence-corrected chi connectivity index (χ1v) is 5.92. The minimum absolute atomic E-state index is 0.181. The van der Waals surface area contributed by atoms with Crippen LogP contribution in [0.1, 0.15) is 0 Å². The second-order valence-corrected chi connectivity index (χ2v) is 4.06. The van der Waals surface area contributed by atoms with Crippen LogP contribution >= 0.6 is 11.8 Å². The lowest BCUT2D eigenvalue weighted by Crippen LogP contribution is -1.83. The summed E-state index contributed by atoms with van der Waals surface area (Å²) >= 11 is 1.56. The fourth-order valence-electron chi connectivity index (χ4n) is 1.52. The van der Waals surface area contributed by atoms with Gasteiger partial charge in [0.2, 0.25) is 0 Å². The van der Waals surface area contributed by atoms with Gasteiger partial charge in [0.1, 0.15) is 5.82 Å². The van der Waals surface area contributed by atoms with Crippen molar-refractivity contribution in [3.8, 4) is 11.1 Å². The molecule has 0 aliphatic carbocycles. The molecule has 0 N–H and O–H groups in total. The largest absolute Gasteiger partial charge is 0.207 e. The number of thioether (sulfide) groups is 1. The number of halogens is 1. The van der Waals surface area contributed by atoms with E-state index < -0.39 is 0 Å². The molecule has 0 radical (unpaired) electrons. The van der Waals surface area contributed by atoms with Crippen molar-refractivity contribution >= 4 is 11.8 Å². The second-order valence-electron chi connectivity index (χ2n) is 3.21. The van der Waals surface area contributed by atoms with Crippen LogP contribution in [0.25, 0.3) is 11.1 Å². The minimum atomic E-state index is -0.181. The van der Waals surface area contributed by atoms with Gasteiger partial charge in [0.15, 0.2) is 0 Å². The SMILES string of the molecule is CSc1cc(F)ccc1-c1ccccc1. The molecule has 0 aliphatic rings. The van der Waals surface area contributed by atoms with Crippen LogP contribution in [0.3, 0.4) is 0 Å². The highest BCUT2D eigenvalue weighted by Crippen LogP contribution is 2.30. The normalized spacial score (nSPS) is 10.3. The fraction of sp³-hybridized carbons (Fsp3) is 0.0769. The van der Waals surface area contributed by atoms with Crippen LogP contribution in [0.2, 0.25) is 0 Å². The first-order chi connectivity index (χ1) is 7.31. The predicted octanol–water partition coefficient (Wildman–Crippen LogP) is 4.21. The summed E-state index contributed by atoms with van der Waals surface area (Å²) in [7, 11) is 0. The van der Waals surface area contributed by atoms with Gasteiger partial charge in [0.05, 0.1) is 0 Å². The van der Waals surface area contributed by atoms with Gasteiger partial charge in [-0.3, -0.25) is 0 Å². The van der Waals surface area contributed by atoms with Crippen molar-refractivity contribution in [3.63, 3.8) is 0 Å². The van der Waals surface area contributed by atoms with E-state index >= 15 is 0 Å². The van der Waals surface area contributed by atoms with Crippen LogP contribution in [0, 0.1) is 5.82 Å². The standard InChI is InChI=1S/C13H11FS/c1-15-13-9-11(14)7-8-12(13)10-5-3-2-4-6-10/h2-9H,1H3. The summed E-state index contributed by atoms with van der Waals surface area (Å²) in [5, 5.41) is 0. The maximum atomic E-state index is 13.0. The molecule has 0 fully saturated rings. The van der Waals surface area contributed by atoms with E-state index in [1.165, 1.54) is 6.07 Å². The maximum absolute atomic E-state index is 13.0. The van der Waals surface area contributed by atoms with E-state index in [0.717, 1.165) is 16.0 Å². The van der Waals surface area contributed by atoms with Crippen molar-refractivity contribution in [3.05, 3.63) is 54.3 Å². The molecule has 0 unspecified atom stereocenters. The Bertz CT molecular complexity index is 451. The molecule has 2 aromatic carbocycles. The molecule has 0 spiro atoms. The van der Waals surface area contributed by atoms with Gasteiger partial charge in [0.25, 0.3) is 0 Å². The first-order valence-electron chi connectivity index (χ1n) is 4.70. The van der Waals surface area contributed by atoms with Crippen LogP contribution in [-0.4, -0.2) is 6.26 Å². The molecule has 2 rings (SSSR count). The Balaban J connectivity index is 2.53. The lowest BCUT2D eigenvalue weighted by atomic mass is 10.1. The maximum Gasteiger partial charge on any atom is 0.124 e. The Morgan fingerprint density at radius 3 is 2.40 bits per heavy atom. The van der Waals surface area contributed by atoms with E-state index in [2.05, 4.69) is 0 Å². The zero-order valence-electron chi connectivity index (χ0n) is 8.41. The van der Waals surface area contributed by atoms with Crippen LogP contribution < -0.4 is 0 Å². The molecule has 0 atom stereocenters. The van der Waals surface area contributed by atoms with E-state index in [1.54, 1.807) is 17.8 Å². The third-order valence-electron chi connectivity index (χ3n) is 2.25. The zero-order valence-corrected chi connectivity index (χ0v) is 9.22. The smallest absolute Gasteiger partial charge is 0.124 e. The third kappa shape index (κ3) is 2.21. The number of hydrogen-bond donors (Lipinski definition) is 0. The van der Waals surface area contributed by atoms with Gasteiger partial charge in [0, 0.05) is 4.90 Å². The van der Waals surface area contributed by atoms with Crippen LogP contribution in [0.5, 0.6) is 0 Å². The molecule has 0 saturated carbocycles. The molecule has 2 heteroatoms. The second kappa shape index (κ2) is 4.49. The molecule has 2 aromatic rings. The van der Waals surface area contributed by atoms with Crippen molar-refractivity contribution in [1.82, 2.24) is 0 Å². The number of benzene rings is 2. The average molecular weight is 218 g/mol. The summed E-state index contributed by atoms with van der Waals surface area (Å²) in [5.41, 5.74) is 2.21. The molecule has 0 heterocycles. The van der Waals surface area contributed by atoms with Gasteiger partial charge >= 0.3 is 0 Å². The Kier molecular flexibility index (Phi) is 3.07. The predicted molar refractivity (Wildman–Crippen MR) is 63.6 cm³/mol. The summed E-state index contributed by atoms with van der Waals surface area (Å²) in [6, 6.07) is 14.9. The topological polar surface area (TPSA) is 0 Å². The molecule has 0 aliphatic heterocycles. The third-order valence-corrected chi connectivity index (χ3v) is 3.03. The number of hydrogen-bond acceptors (Lipinski definition) is 1. The summed E-state index contributed by atoms with van der Waals surface area (Å²) in [4.78, 5) is 0.973. The molecule has 0 bridgehead atoms. The fourth-order valence-corrected chi connectivity index (χ4v) is 2.16. The molecule has 0 saturated heterocycles. The van der Waals surface area contributed by atoms with Crippen molar-refractivity contribution in [2.45, 2.75) is 4.90 Å². The van der Waals surface area contributed by atoms with Gasteiger partial charge in [-0.1, -0.05) is 36.4 Å². The highest BCUT2D eigenvalue weighted by Gasteiger charge is 2.04. The van der Waals surface area contributed by atoms with Crippen molar-refractivity contribution in [2.75, 3.05) is 6.26 Å². The van der Waals surface area contributed by atoms with Crippen molar-refractivity contribution in [2.24, 2.45) is 0 Å². The Morgan fingerprint density at radius 1 is 1.00 bits per heavy atom. The first kappa shape index (κ1) is 10.2. The Labute approximate surface area is 93.1 Å². The monoisotopic (exact) mass is 218 g/mol. The van der Waals surface area contributed by atoms with Gasteiger partial charge in [-0.2, -0.15) is 0 Å². The summed E-state index contributed by atoms with van der Waals surface area (Å²) in [6.45, 7) is 0. The molecule has 0 amide bonds. The molecule has 0 nitrogen and oxygen atoms in total. The molecule has 15 heavy (non-hydrogen) atoms. The van der Waals surface area contributed by atoms with Crippen molar-refractivity contribution < 1.29 is 4.39 Å². The van der Waals surface area contributed by atoms with Crippen LogP contribution in [-0.2, 0) is 0 Å². The highest BCUT2D eigenvalue weighted by atomic mass is 32.2. The lowest BCUT2D eigenvalue weighted by molar-refractivity contribution is 0.624. The van der Waals surface area contributed by atoms with E-state index in [9.17, 15) is 4.39 Å². The average Bonchev–Trinajstić information content (AvgIpc) is 2.30.